The first kappa shape index (κ1) is 18.3. The predicted molar refractivity (Wildman–Crippen MR) is 110 cm³/mol. The van der Waals surface area contributed by atoms with Crippen LogP contribution < -0.4 is 9.47 Å². The average molecular weight is 401 g/mol. The number of carbonyl (C=O) groups is 1. The van der Waals surface area contributed by atoms with E-state index in [0.29, 0.717) is 45.8 Å². The van der Waals surface area contributed by atoms with Gasteiger partial charge in [-0.2, -0.15) is 0 Å². The quantitative estimate of drug-likeness (QED) is 0.400. The van der Waals surface area contributed by atoms with Crippen LogP contribution in [0.4, 0.5) is 0 Å². The molecule has 1 aliphatic carbocycles. The highest BCUT2D eigenvalue weighted by atomic mass is 16.5. The van der Waals surface area contributed by atoms with Gasteiger partial charge in [-0.05, 0) is 56.0 Å². The van der Waals surface area contributed by atoms with Crippen LogP contribution in [0.15, 0.2) is 59.3 Å². The molecule has 1 saturated carbocycles. The monoisotopic (exact) mass is 401 g/mol. The first-order valence-corrected chi connectivity index (χ1v) is 9.79. The molecule has 0 aliphatic heterocycles. The number of Topliss-reactive ketones (excluding diaryl/α,β-unsaturated/α-hetero) is 1. The van der Waals surface area contributed by atoms with Crippen molar-refractivity contribution in [2.24, 2.45) is 5.92 Å². The van der Waals surface area contributed by atoms with E-state index >= 15 is 0 Å². The van der Waals surface area contributed by atoms with Gasteiger partial charge in [-0.3, -0.25) is 4.79 Å². The first-order valence-electron chi connectivity index (χ1n) is 9.79. The van der Waals surface area contributed by atoms with Crippen LogP contribution in [0.25, 0.3) is 22.7 Å². The highest BCUT2D eigenvalue weighted by Crippen LogP contribution is 2.31. The van der Waals surface area contributed by atoms with Crippen LogP contribution in [-0.2, 0) is 0 Å². The Kier molecular flexibility index (Phi) is 4.63. The number of oxazole rings is 1. The van der Waals surface area contributed by atoms with E-state index in [9.17, 15) is 4.79 Å². The minimum atomic E-state index is -0.0295. The second kappa shape index (κ2) is 7.59. The zero-order chi connectivity index (χ0) is 20.5. The zero-order valence-corrected chi connectivity index (χ0v) is 16.4. The molecule has 1 fully saturated rings. The fourth-order valence-corrected chi connectivity index (χ4v) is 2.98. The lowest BCUT2D eigenvalue weighted by Gasteiger charge is -2.08. The molecule has 0 saturated heterocycles. The Bertz CT molecular complexity index is 1210. The van der Waals surface area contributed by atoms with Crippen molar-refractivity contribution in [3.05, 3.63) is 60.4 Å². The number of ether oxygens (including phenoxy) is 2. The third-order valence-corrected chi connectivity index (χ3v) is 4.85. The maximum Gasteiger partial charge on any atom is 0.247 e. The summed E-state index contributed by atoms with van der Waals surface area (Å²) in [6.07, 6.45) is 5.55. The van der Waals surface area contributed by atoms with E-state index in [1.807, 2.05) is 24.3 Å². The number of hydrogen-bond donors (Lipinski definition) is 0. The van der Waals surface area contributed by atoms with Gasteiger partial charge in [0.05, 0.1) is 19.0 Å². The van der Waals surface area contributed by atoms with E-state index in [4.69, 9.17) is 13.9 Å². The molecule has 0 amide bonds. The fourth-order valence-electron chi connectivity index (χ4n) is 2.98. The molecule has 2 aromatic heterocycles. The van der Waals surface area contributed by atoms with E-state index in [2.05, 4.69) is 15.0 Å². The second-order valence-electron chi connectivity index (χ2n) is 7.33. The highest BCUT2D eigenvalue weighted by molar-refractivity contribution is 5.97. The van der Waals surface area contributed by atoms with E-state index in [0.717, 1.165) is 12.4 Å². The van der Waals surface area contributed by atoms with Crippen molar-refractivity contribution in [2.75, 3.05) is 6.61 Å². The summed E-state index contributed by atoms with van der Waals surface area (Å²) < 4.78 is 17.3. The predicted octanol–water partition coefficient (Wildman–Crippen LogP) is 5.07. The van der Waals surface area contributed by atoms with Gasteiger partial charge in [-0.25, -0.2) is 15.0 Å². The summed E-state index contributed by atoms with van der Waals surface area (Å²) in [6, 6.07) is 12.6. The van der Waals surface area contributed by atoms with E-state index in [1.165, 1.54) is 26.0 Å². The molecule has 2 aromatic carbocycles. The fraction of sp³-hybridized carbons (Fsp3) is 0.217. The Hall–Kier alpha value is -3.74. The largest absolute Gasteiger partial charge is 0.493 e. The molecule has 0 N–H and O–H groups in total. The third-order valence-electron chi connectivity index (χ3n) is 4.85. The van der Waals surface area contributed by atoms with Gasteiger partial charge in [0, 0.05) is 11.6 Å². The summed E-state index contributed by atoms with van der Waals surface area (Å²) in [5, 5.41) is 0. The van der Waals surface area contributed by atoms with Gasteiger partial charge in [-0.1, -0.05) is 6.07 Å². The van der Waals surface area contributed by atoms with Gasteiger partial charge in [0.25, 0.3) is 0 Å². The van der Waals surface area contributed by atoms with Gasteiger partial charge >= 0.3 is 0 Å². The van der Waals surface area contributed by atoms with E-state index in [1.54, 1.807) is 24.4 Å². The molecule has 7 nitrogen and oxygen atoms in total. The van der Waals surface area contributed by atoms with Gasteiger partial charge in [-0.15, -0.1) is 0 Å². The maximum atomic E-state index is 11.5. The summed E-state index contributed by atoms with van der Waals surface area (Å²) in [4.78, 5) is 24.6. The second-order valence-corrected chi connectivity index (χ2v) is 7.33. The molecule has 150 valence electrons. The van der Waals surface area contributed by atoms with Crippen molar-refractivity contribution >= 4 is 16.9 Å². The molecule has 0 atom stereocenters. The Morgan fingerprint density at radius 2 is 1.97 bits per heavy atom. The van der Waals surface area contributed by atoms with Crippen molar-refractivity contribution in [3.8, 4) is 29.0 Å². The van der Waals surface area contributed by atoms with Gasteiger partial charge in [0.15, 0.2) is 11.4 Å². The summed E-state index contributed by atoms with van der Waals surface area (Å²) in [7, 11) is 0. The number of fused-ring (bicyclic) bond motifs is 1. The number of aromatic nitrogens is 3. The van der Waals surface area contributed by atoms with Crippen LogP contribution in [0, 0.1) is 5.92 Å². The maximum absolute atomic E-state index is 11.5. The molecule has 30 heavy (non-hydrogen) atoms. The molecule has 2 heterocycles. The molecule has 4 aromatic rings. The SMILES string of the molecule is CC(=O)c1ccc2nc(-c3cnc(Oc4cccc(OCC5CC5)c4)cn3)oc2c1. The lowest BCUT2D eigenvalue weighted by Crippen LogP contribution is -1.99. The Morgan fingerprint density at radius 1 is 1.10 bits per heavy atom. The van der Waals surface area contributed by atoms with Crippen molar-refractivity contribution in [1.82, 2.24) is 15.0 Å². The van der Waals surface area contributed by atoms with Crippen molar-refractivity contribution in [2.45, 2.75) is 19.8 Å². The molecular formula is C23H19N3O4. The number of hydrogen-bond acceptors (Lipinski definition) is 7. The molecule has 0 radical (unpaired) electrons. The smallest absolute Gasteiger partial charge is 0.247 e. The number of nitrogens with zero attached hydrogens (tertiary/aromatic N) is 3. The number of ketones is 1. The molecule has 0 spiro atoms. The van der Waals surface area contributed by atoms with Gasteiger partial charge in [0.2, 0.25) is 11.8 Å². The lowest BCUT2D eigenvalue weighted by atomic mass is 10.1. The van der Waals surface area contributed by atoms with Crippen molar-refractivity contribution in [3.63, 3.8) is 0 Å². The first-order chi connectivity index (χ1) is 14.6. The molecular weight excluding hydrogens is 382 g/mol. The Labute approximate surface area is 172 Å². The number of rotatable bonds is 7. The molecule has 0 bridgehead atoms. The molecule has 0 unspecified atom stereocenters. The average Bonchev–Trinajstić information content (AvgIpc) is 3.49. The van der Waals surface area contributed by atoms with E-state index < -0.39 is 0 Å². The minimum Gasteiger partial charge on any atom is -0.493 e. The number of benzene rings is 2. The van der Waals surface area contributed by atoms with Crippen LogP contribution >= 0.6 is 0 Å². The van der Waals surface area contributed by atoms with Gasteiger partial charge in [0.1, 0.15) is 22.7 Å². The molecule has 5 rings (SSSR count). The van der Waals surface area contributed by atoms with Crippen LogP contribution in [-0.4, -0.2) is 27.3 Å². The van der Waals surface area contributed by atoms with E-state index in [-0.39, 0.29) is 5.78 Å². The van der Waals surface area contributed by atoms with Crippen molar-refractivity contribution in [1.29, 1.82) is 0 Å². The Morgan fingerprint density at radius 3 is 2.73 bits per heavy atom. The summed E-state index contributed by atoms with van der Waals surface area (Å²) in [5.41, 5.74) is 2.23. The summed E-state index contributed by atoms with van der Waals surface area (Å²) in [6.45, 7) is 2.26. The third kappa shape index (κ3) is 4.00. The summed E-state index contributed by atoms with van der Waals surface area (Å²) in [5.74, 6) is 2.75. The van der Waals surface area contributed by atoms with Crippen LogP contribution in [0.3, 0.4) is 0 Å². The molecule has 1 aliphatic rings. The number of carbonyl (C=O) groups excluding carboxylic acids is 1. The molecule has 7 heteroatoms. The normalized spacial score (nSPS) is 13.4. The lowest BCUT2D eigenvalue weighted by molar-refractivity contribution is 0.101. The van der Waals surface area contributed by atoms with Gasteiger partial charge < -0.3 is 13.9 Å². The van der Waals surface area contributed by atoms with Crippen LogP contribution in [0.5, 0.6) is 17.4 Å². The minimum absolute atomic E-state index is 0.0295. The Balaban J connectivity index is 1.31. The highest BCUT2D eigenvalue weighted by Gasteiger charge is 2.22. The van der Waals surface area contributed by atoms with Crippen LogP contribution in [0.2, 0.25) is 0 Å². The standard InChI is InChI=1S/C23H19N3O4/c1-14(27)16-7-8-19-21(9-16)30-23(26-19)20-11-25-22(12-24-20)29-18-4-2-3-17(10-18)28-13-15-5-6-15/h2-4,7-12,15H,5-6,13H2,1H3. The zero-order valence-electron chi connectivity index (χ0n) is 16.4. The topological polar surface area (TPSA) is 87.3 Å². The summed E-state index contributed by atoms with van der Waals surface area (Å²) >= 11 is 0. The van der Waals surface area contributed by atoms with Crippen molar-refractivity contribution < 1.29 is 18.7 Å². The van der Waals surface area contributed by atoms with Crippen LogP contribution in [0.1, 0.15) is 30.1 Å².